The first-order valence-corrected chi connectivity index (χ1v) is 4.16. The number of hydrogen-bond acceptors (Lipinski definition) is 2. The van der Waals surface area contributed by atoms with Crippen LogP contribution in [0.1, 0.15) is 0 Å². The summed E-state index contributed by atoms with van der Waals surface area (Å²) in [4.78, 5) is 10.1. The molecule has 0 fully saturated rings. The summed E-state index contributed by atoms with van der Waals surface area (Å²) in [7, 11) is 0. The molecule has 7 heteroatoms. The Morgan fingerprint density at radius 3 is 2.64 bits per heavy atom. The summed E-state index contributed by atoms with van der Waals surface area (Å²) in [5.74, 6) is -0.728. The lowest BCUT2D eigenvalue weighted by atomic mass is 10.3. The van der Waals surface area contributed by atoms with E-state index in [0.29, 0.717) is 0 Å². The second-order valence-corrected chi connectivity index (χ2v) is 3.12. The van der Waals surface area contributed by atoms with E-state index < -0.39 is 11.9 Å². The van der Waals surface area contributed by atoms with Gasteiger partial charge in [-0.25, -0.2) is 14.6 Å². The van der Waals surface area contributed by atoms with Gasteiger partial charge in [0.2, 0.25) is 0 Å². The number of anilines is 1. The molecule has 1 rings (SSSR count). The zero-order chi connectivity index (χ0) is 10.7. The molecule has 1 aromatic rings. The molecule has 0 saturated heterocycles. The fourth-order valence-corrected chi connectivity index (χ4v) is 1.13. The Hall–Kier alpha value is -1.20. The zero-order valence-corrected chi connectivity index (χ0v) is 8.16. The number of carbonyl (C=O) groups is 1. The van der Waals surface area contributed by atoms with E-state index in [4.69, 9.17) is 28.3 Å². The van der Waals surface area contributed by atoms with Gasteiger partial charge in [0.05, 0.1) is 5.69 Å². The van der Waals surface area contributed by atoms with Crippen LogP contribution in [0, 0.1) is 5.82 Å². The van der Waals surface area contributed by atoms with Crippen molar-refractivity contribution in [2.24, 2.45) is 0 Å². The highest BCUT2D eigenvalue weighted by Gasteiger charge is 2.08. The Morgan fingerprint density at radius 1 is 1.43 bits per heavy atom. The van der Waals surface area contributed by atoms with Gasteiger partial charge in [0.15, 0.2) is 0 Å². The van der Waals surface area contributed by atoms with Gasteiger partial charge in [-0.2, -0.15) is 0 Å². The van der Waals surface area contributed by atoms with Crippen LogP contribution in [-0.2, 0) is 0 Å². The van der Waals surface area contributed by atoms with Gasteiger partial charge in [0, 0.05) is 5.02 Å². The standard InChI is InChI=1S/C7H5Cl2FN2O2/c8-3-1-4(10)6(9)5(2-3)11-12-7(13)14/h1-2,11-12H,(H,13,14). The third kappa shape index (κ3) is 2.65. The molecular formula is C7H5Cl2FN2O2. The minimum Gasteiger partial charge on any atom is -0.464 e. The van der Waals surface area contributed by atoms with Crippen LogP contribution in [0.15, 0.2) is 12.1 Å². The van der Waals surface area contributed by atoms with Crippen LogP contribution in [0.4, 0.5) is 14.9 Å². The Labute approximate surface area is 88.6 Å². The van der Waals surface area contributed by atoms with Gasteiger partial charge >= 0.3 is 6.09 Å². The number of hydrazine groups is 1. The number of benzene rings is 1. The Bertz CT molecular complexity index is 373. The molecule has 1 amide bonds. The summed E-state index contributed by atoms with van der Waals surface area (Å²) < 4.78 is 12.9. The maximum absolute atomic E-state index is 12.9. The van der Waals surface area contributed by atoms with Crippen molar-refractivity contribution >= 4 is 35.0 Å². The second kappa shape index (κ2) is 4.34. The van der Waals surface area contributed by atoms with Gasteiger partial charge in [-0.05, 0) is 12.1 Å². The predicted octanol–water partition coefficient (Wildman–Crippen LogP) is 2.73. The molecule has 4 nitrogen and oxygen atoms in total. The summed E-state index contributed by atoms with van der Waals surface area (Å²) in [6.07, 6.45) is -1.32. The molecule has 0 aliphatic carbocycles. The average Bonchev–Trinajstić information content (AvgIpc) is 2.08. The van der Waals surface area contributed by atoms with Crippen LogP contribution in [0.3, 0.4) is 0 Å². The molecule has 0 aliphatic heterocycles. The highest BCUT2D eigenvalue weighted by Crippen LogP contribution is 2.28. The third-order valence-corrected chi connectivity index (χ3v) is 1.90. The highest BCUT2D eigenvalue weighted by molar-refractivity contribution is 6.35. The van der Waals surface area contributed by atoms with Crippen molar-refractivity contribution < 1.29 is 14.3 Å². The number of carboxylic acid groups (broad SMARTS) is 1. The summed E-state index contributed by atoms with van der Waals surface area (Å²) in [5, 5.41) is 8.14. The lowest BCUT2D eigenvalue weighted by Crippen LogP contribution is -2.27. The van der Waals surface area contributed by atoms with E-state index in [9.17, 15) is 9.18 Å². The maximum atomic E-state index is 12.9. The predicted molar refractivity (Wildman–Crippen MR) is 51.2 cm³/mol. The first kappa shape index (κ1) is 10.9. The molecule has 1 aromatic carbocycles. The SMILES string of the molecule is O=C(O)NNc1cc(Cl)cc(F)c1Cl. The molecule has 0 atom stereocenters. The fraction of sp³-hybridized carbons (Fsp3) is 0. The number of hydrogen-bond donors (Lipinski definition) is 3. The lowest BCUT2D eigenvalue weighted by Gasteiger charge is -2.08. The van der Waals surface area contributed by atoms with E-state index >= 15 is 0 Å². The molecule has 0 heterocycles. The van der Waals surface area contributed by atoms with E-state index in [1.165, 1.54) is 6.07 Å². The van der Waals surface area contributed by atoms with Gasteiger partial charge < -0.3 is 5.11 Å². The number of nitrogens with one attached hydrogen (secondary N) is 2. The third-order valence-electron chi connectivity index (χ3n) is 1.30. The molecule has 0 radical (unpaired) electrons. The smallest absolute Gasteiger partial charge is 0.423 e. The van der Waals surface area contributed by atoms with Crippen LogP contribution in [0.2, 0.25) is 10.0 Å². The molecule has 0 aromatic heterocycles. The van der Waals surface area contributed by atoms with Crippen molar-refractivity contribution in [1.82, 2.24) is 5.43 Å². The van der Waals surface area contributed by atoms with Gasteiger partial charge in [0.1, 0.15) is 10.8 Å². The van der Waals surface area contributed by atoms with E-state index in [0.717, 1.165) is 6.07 Å². The van der Waals surface area contributed by atoms with E-state index in [-0.39, 0.29) is 15.7 Å². The van der Waals surface area contributed by atoms with Crippen molar-refractivity contribution in [1.29, 1.82) is 0 Å². The summed E-state index contributed by atoms with van der Waals surface area (Å²) in [5.41, 5.74) is 4.06. The minimum absolute atomic E-state index is 0.0547. The first-order chi connectivity index (χ1) is 6.50. The summed E-state index contributed by atoms with van der Waals surface area (Å²) in [6.45, 7) is 0. The van der Waals surface area contributed by atoms with Crippen LogP contribution in [0.25, 0.3) is 0 Å². The molecule has 0 bridgehead atoms. The molecule has 0 saturated carbocycles. The maximum Gasteiger partial charge on any atom is 0.423 e. The molecule has 3 N–H and O–H groups in total. The van der Waals surface area contributed by atoms with Gasteiger partial charge in [0.25, 0.3) is 0 Å². The van der Waals surface area contributed by atoms with Crippen molar-refractivity contribution in [2.45, 2.75) is 0 Å². The Kier molecular flexibility index (Phi) is 3.38. The number of rotatable bonds is 2. The lowest BCUT2D eigenvalue weighted by molar-refractivity contribution is 0.197. The molecule has 0 aliphatic rings. The van der Waals surface area contributed by atoms with E-state index in [1.54, 1.807) is 0 Å². The quantitative estimate of drug-likeness (QED) is 0.549. The van der Waals surface area contributed by atoms with E-state index in [1.807, 2.05) is 5.43 Å². The molecular weight excluding hydrogens is 234 g/mol. The zero-order valence-electron chi connectivity index (χ0n) is 6.64. The normalized spacial score (nSPS) is 9.64. The Balaban J connectivity index is 2.90. The van der Waals surface area contributed by atoms with Crippen molar-refractivity contribution in [3.8, 4) is 0 Å². The molecule has 76 valence electrons. The van der Waals surface area contributed by atoms with Crippen LogP contribution in [-0.4, -0.2) is 11.2 Å². The van der Waals surface area contributed by atoms with Gasteiger partial charge in [-0.15, -0.1) is 0 Å². The van der Waals surface area contributed by atoms with Crippen molar-refractivity contribution in [3.05, 3.63) is 28.0 Å². The molecule has 0 spiro atoms. The van der Waals surface area contributed by atoms with Crippen LogP contribution in [0.5, 0.6) is 0 Å². The van der Waals surface area contributed by atoms with Gasteiger partial charge in [-0.1, -0.05) is 23.2 Å². The van der Waals surface area contributed by atoms with E-state index in [2.05, 4.69) is 5.43 Å². The first-order valence-electron chi connectivity index (χ1n) is 3.40. The largest absolute Gasteiger partial charge is 0.464 e. The monoisotopic (exact) mass is 238 g/mol. The number of halogens is 3. The molecule has 0 unspecified atom stereocenters. The van der Waals surface area contributed by atoms with Crippen molar-refractivity contribution in [3.63, 3.8) is 0 Å². The van der Waals surface area contributed by atoms with Crippen LogP contribution >= 0.6 is 23.2 Å². The van der Waals surface area contributed by atoms with Crippen LogP contribution < -0.4 is 10.9 Å². The summed E-state index contributed by atoms with van der Waals surface area (Å²) in [6, 6.07) is 2.32. The second-order valence-electron chi connectivity index (χ2n) is 2.30. The fourth-order valence-electron chi connectivity index (χ4n) is 0.768. The topological polar surface area (TPSA) is 61.4 Å². The van der Waals surface area contributed by atoms with Gasteiger partial charge in [-0.3, -0.25) is 5.43 Å². The minimum atomic E-state index is -1.32. The average molecular weight is 239 g/mol. The summed E-state index contributed by atoms with van der Waals surface area (Å²) >= 11 is 11.0. The highest BCUT2D eigenvalue weighted by atomic mass is 35.5. The number of amides is 1. The Morgan fingerprint density at radius 2 is 2.07 bits per heavy atom. The van der Waals surface area contributed by atoms with Crippen molar-refractivity contribution in [2.75, 3.05) is 5.43 Å². The molecule has 14 heavy (non-hydrogen) atoms.